The number of nitrogens with zero attached hydrogens (tertiary/aromatic N) is 3. The molecule has 0 aliphatic carbocycles. The molecule has 72 valence electrons. The average Bonchev–Trinajstić information content (AvgIpc) is 2.46. The molecule has 0 spiro atoms. The maximum absolute atomic E-state index is 10.5. The van der Waals surface area contributed by atoms with Crippen LogP contribution in [0.1, 0.15) is 26.3 Å². The van der Waals surface area contributed by atoms with Gasteiger partial charge in [-0.3, -0.25) is 0 Å². The molecule has 1 atom stereocenters. The van der Waals surface area contributed by atoms with Crippen LogP contribution in [0.3, 0.4) is 0 Å². The van der Waals surface area contributed by atoms with Gasteiger partial charge in [-0.15, -0.1) is 0 Å². The van der Waals surface area contributed by atoms with Gasteiger partial charge >= 0.3 is 5.82 Å². The fourth-order valence-electron chi connectivity index (χ4n) is 0.896. The molecule has 0 N–H and O–H groups in total. The minimum Gasteiger partial charge on any atom is -0.358 e. The van der Waals surface area contributed by atoms with Gasteiger partial charge in [-0.25, -0.2) is 0 Å². The van der Waals surface area contributed by atoms with Crippen LogP contribution in [0.4, 0.5) is 5.82 Å². The molecule has 0 aliphatic rings. The zero-order valence-corrected chi connectivity index (χ0v) is 9.56. The van der Waals surface area contributed by atoms with Gasteiger partial charge in [0.2, 0.25) is 0 Å². The first kappa shape index (κ1) is 10.4. The zero-order chi connectivity index (χ0) is 10.0. The molecule has 1 aromatic rings. The number of hydrogen-bond acceptors (Lipinski definition) is 3. The third-order valence-electron chi connectivity index (χ3n) is 1.88. The molecule has 1 aromatic heterocycles. The summed E-state index contributed by atoms with van der Waals surface area (Å²) in [6, 6.07) is 0.210. The van der Waals surface area contributed by atoms with Crippen molar-refractivity contribution in [3.8, 4) is 0 Å². The average molecular weight is 295 g/mol. The second-order valence-corrected chi connectivity index (χ2v) is 3.96. The molecule has 0 bridgehead atoms. The van der Waals surface area contributed by atoms with E-state index >= 15 is 0 Å². The lowest BCUT2D eigenvalue weighted by Crippen LogP contribution is -2.04. The van der Waals surface area contributed by atoms with Crippen LogP contribution in [0.2, 0.25) is 0 Å². The van der Waals surface area contributed by atoms with Crippen LogP contribution < -0.4 is 0 Å². The molecule has 1 heterocycles. The second kappa shape index (κ2) is 4.03. The summed E-state index contributed by atoms with van der Waals surface area (Å²) < 4.78 is 2.22. The predicted molar refractivity (Wildman–Crippen MR) is 56.6 cm³/mol. The van der Waals surface area contributed by atoms with Crippen LogP contribution >= 0.6 is 22.6 Å². The molecular formula is C7H10IN3O2. The fraction of sp³-hybridized carbons (Fsp3) is 0.571. The summed E-state index contributed by atoms with van der Waals surface area (Å²) >= 11 is 1.92. The van der Waals surface area contributed by atoms with Crippen LogP contribution in [0, 0.1) is 13.7 Å². The maximum atomic E-state index is 10.5. The molecular weight excluding hydrogens is 285 g/mol. The van der Waals surface area contributed by atoms with Crippen molar-refractivity contribution >= 4 is 28.4 Å². The molecule has 0 saturated carbocycles. The van der Waals surface area contributed by atoms with Crippen LogP contribution in [-0.2, 0) is 0 Å². The van der Waals surface area contributed by atoms with Crippen molar-refractivity contribution < 1.29 is 4.92 Å². The first-order valence-corrected chi connectivity index (χ1v) is 5.03. The summed E-state index contributed by atoms with van der Waals surface area (Å²) in [7, 11) is 0. The van der Waals surface area contributed by atoms with Gasteiger partial charge in [-0.05, 0) is 40.9 Å². The molecule has 0 saturated heterocycles. The molecule has 13 heavy (non-hydrogen) atoms. The third kappa shape index (κ3) is 2.17. The summed E-state index contributed by atoms with van der Waals surface area (Å²) in [5.74, 6) is -0.0547. The summed E-state index contributed by atoms with van der Waals surface area (Å²) in [4.78, 5) is 10.0. The molecule has 5 nitrogen and oxygen atoms in total. The van der Waals surface area contributed by atoms with Crippen LogP contribution in [-0.4, -0.2) is 14.7 Å². The lowest BCUT2D eigenvalue weighted by molar-refractivity contribution is -0.390. The Morgan fingerprint density at radius 2 is 2.46 bits per heavy atom. The van der Waals surface area contributed by atoms with Crippen molar-refractivity contribution in [3.63, 3.8) is 0 Å². The Labute approximate surface area is 89.4 Å². The van der Waals surface area contributed by atoms with Gasteiger partial charge in [0, 0.05) is 0 Å². The van der Waals surface area contributed by atoms with Crippen molar-refractivity contribution in [2.75, 3.05) is 0 Å². The van der Waals surface area contributed by atoms with Crippen molar-refractivity contribution in [1.29, 1.82) is 0 Å². The van der Waals surface area contributed by atoms with Crippen LogP contribution in [0.25, 0.3) is 0 Å². The first-order chi connectivity index (χ1) is 6.06. The minimum absolute atomic E-state index is 0.0547. The summed E-state index contributed by atoms with van der Waals surface area (Å²) in [5.41, 5.74) is 0. The Kier molecular flexibility index (Phi) is 3.23. The quantitative estimate of drug-likeness (QED) is 0.488. The van der Waals surface area contributed by atoms with E-state index in [4.69, 9.17) is 0 Å². The SMILES string of the molecule is CC[C@H](C)n1cc(I)c([N+](=O)[O-])n1. The van der Waals surface area contributed by atoms with E-state index in [2.05, 4.69) is 5.10 Å². The number of rotatable bonds is 3. The van der Waals surface area contributed by atoms with Crippen LogP contribution in [0.5, 0.6) is 0 Å². The Morgan fingerprint density at radius 3 is 2.85 bits per heavy atom. The first-order valence-electron chi connectivity index (χ1n) is 3.95. The Balaban J connectivity index is 3.01. The number of aromatic nitrogens is 2. The van der Waals surface area contributed by atoms with Crippen LogP contribution in [0.15, 0.2) is 6.20 Å². The Morgan fingerprint density at radius 1 is 1.85 bits per heavy atom. The van der Waals surface area contributed by atoms with Gasteiger partial charge in [0.1, 0.15) is 3.57 Å². The van der Waals surface area contributed by atoms with Gasteiger partial charge in [-0.2, -0.15) is 4.68 Å². The van der Waals surface area contributed by atoms with Crippen molar-refractivity contribution in [2.45, 2.75) is 26.3 Å². The summed E-state index contributed by atoms with van der Waals surface area (Å²) in [6.07, 6.45) is 2.61. The Bertz CT molecular complexity index is 324. The van der Waals surface area contributed by atoms with Gasteiger partial charge < -0.3 is 10.1 Å². The van der Waals surface area contributed by atoms with E-state index in [0.717, 1.165) is 6.42 Å². The highest BCUT2D eigenvalue weighted by Gasteiger charge is 2.20. The summed E-state index contributed by atoms with van der Waals surface area (Å²) in [6.45, 7) is 4.00. The highest BCUT2D eigenvalue weighted by atomic mass is 127. The molecule has 0 radical (unpaired) electrons. The number of hydrogen-bond donors (Lipinski definition) is 0. The van der Waals surface area contributed by atoms with Gasteiger partial charge in [0.25, 0.3) is 0 Å². The van der Waals surface area contributed by atoms with Gasteiger partial charge in [0.15, 0.2) is 0 Å². The molecule has 1 rings (SSSR count). The minimum atomic E-state index is -0.458. The molecule has 0 unspecified atom stereocenters. The number of halogens is 1. The Hall–Kier alpha value is -0.660. The number of nitro groups is 1. The van der Waals surface area contributed by atoms with Gasteiger partial charge in [-0.1, -0.05) is 6.92 Å². The van der Waals surface area contributed by atoms with E-state index in [1.165, 1.54) is 0 Å². The predicted octanol–water partition coefficient (Wildman–Crippen LogP) is 2.37. The zero-order valence-electron chi connectivity index (χ0n) is 7.40. The molecule has 0 aliphatic heterocycles. The standard InChI is InChI=1S/C7H10IN3O2/c1-3-5(2)10-4-6(8)7(9-10)11(12)13/h4-5H,3H2,1-2H3/t5-/m0/s1. The molecule has 6 heteroatoms. The van der Waals surface area contributed by atoms with E-state index in [9.17, 15) is 10.1 Å². The highest BCUT2D eigenvalue weighted by Crippen LogP contribution is 2.20. The van der Waals surface area contributed by atoms with E-state index in [1.807, 2.05) is 36.4 Å². The third-order valence-corrected chi connectivity index (χ3v) is 2.65. The topological polar surface area (TPSA) is 61.0 Å². The lowest BCUT2D eigenvalue weighted by atomic mass is 10.3. The van der Waals surface area contributed by atoms with E-state index in [-0.39, 0.29) is 11.9 Å². The van der Waals surface area contributed by atoms with E-state index in [0.29, 0.717) is 3.57 Å². The summed E-state index contributed by atoms with van der Waals surface area (Å²) in [5, 5.41) is 14.4. The molecule has 0 amide bonds. The highest BCUT2D eigenvalue weighted by molar-refractivity contribution is 14.1. The second-order valence-electron chi connectivity index (χ2n) is 2.80. The fourth-order valence-corrected chi connectivity index (χ4v) is 1.49. The van der Waals surface area contributed by atoms with Crippen molar-refractivity contribution in [3.05, 3.63) is 19.9 Å². The smallest absolute Gasteiger partial charge is 0.358 e. The van der Waals surface area contributed by atoms with E-state index in [1.54, 1.807) is 10.9 Å². The van der Waals surface area contributed by atoms with Crippen molar-refractivity contribution in [1.82, 2.24) is 9.78 Å². The molecule has 0 aromatic carbocycles. The lowest BCUT2D eigenvalue weighted by Gasteiger charge is -2.02. The monoisotopic (exact) mass is 295 g/mol. The molecule has 0 fully saturated rings. The normalized spacial score (nSPS) is 12.8. The largest absolute Gasteiger partial charge is 0.403 e. The van der Waals surface area contributed by atoms with Gasteiger partial charge in [0.05, 0.1) is 17.3 Å². The van der Waals surface area contributed by atoms with E-state index < -0.39 is 4.92 Å². The maximum Gasteiger partial charge on any atom is 0.403 e. The van der Waals surface area contributed by atoms with Crippen molar-refractivity contribution in [2.24, 2.45) is 0 Å².